The zero-order valence-corrected chi connectivity index (χ0v) is 12.9. The predicted molar refractivity (Wildman–Crippen MR) is 86.8 cm³/mol. The number of nitrogens with one attached hydrogen (secondary N) is 1. The van der Waals surface area contributed by atoms with Gasteiger partial charge in [0.2, 0.25) is 0 Å². The van der Waals surface area contributed by atoms with Crippen molar-refractivity contribution >= 4 is 17.6 Å². The number of carbonyl (C=O) groups is 2. The van der Waals surface area contributed by atoms with Gasteiger partial charge in [-0.2, -0.15) is 0 Å². The molecule has 0 aromatic heterocycles. The fourth-order valence-electron chi connectivity index (χ4n) is 1.81. The minimum atomic E-state index is -1.82. The highest BCUT2D eigenvalue weighted by Gasteiger charge is 2.04. The average molecular weight is 317 g/mol. The Bertz CT molecular complexity index is 643. The van der Waals surface area contributed by atoms with Crippen LogP contribution in [0, 0.1) is 6.92 Å². The summed E-state index contributed by atoms with van der Waals surface area (Å²) in [6.07, 6.45) is 0. The van der Waals surface area contributed by atoms with E-state index in [1.807, 2.05) is 24.3 Å². The van der Waals surface area contributed by atoms with E-state index >= 15 is 0 Å². The topological polar surface area (TPSA) is 95.9 Å². The molecule has 0 aliphatic rings. The van der Waals surface area contributed by atoms with Crippen LogP contribution in [0.2, 0.25) is 0 Å². The predicted octanol–water partition coefficient (Wildman–Crippen LogP) is 2.77. The molecule has 0 bridgehead atoms. The number of hydrogen-bond donors (Lipinski definition) is 3. The van der Waals surface area contributed by atoms with Gasteiger partial charge in [-0.3, -0.25) is 0 Å². The summed E-state index contributed by atoms with van der Waals surface area (Å²) < 4.78 is 5.24. The van der Waals surface area contributed by atoms with Crippen LogP contribution in [0.5, 0.6) is 5.75 Å². The first kappa shape index (κ1) is 18.0. The molecule has 6 nitrogen and oxygen atoms in total. The van der Waals surface area contributed by atoms with Gasteiger partial charge in [0.25, 0.3) is 0 Å². The highest BCUT2D eigenvalue weighted by atomic mass is 16.5. The molecular weight excluding hydrogens is 298 g/mol. The molecule has 122 valence electrons. The molecule has 2 aromatic carbocycles. The first-order valence-electron chi connectivity index (χ1n) is 6.82. The molecule has 0 heterocycles. The van der Waals surface area contributed by atoms with Crippen molar-refractivity contribution in [1.82, 2.24) is 0 Å². The number of methoxy groups -OCH3 is 1. The van der Waals surface area contributed by atoms with E-state index in [0.29, 0.717) is 0 Å². The monoisotopic (exact) mass is 317 g/mol. The quantitative estimate of drug-likeness (QED) is 0.750. The molecule has 0 radical (unpaired) electrons. The van der Waals surface area contributed by atoms with Crippen molar-refractivity contribution in [1.29, 1.82) is 0 Å². The first-order valence-corrected chi connectivity index (χ1v) is 6.82. The molecule has 0 fully saturated rings. The van der Waals surface area contributed by atoms with E-state index in [1.54, 1.807) is 7.11 Å². The molecular formula is C17H19NO5. The third kappa shape index (κ3) is 6.52. The maximum absolute atomic E-state index is 9.10. The second-order valence-electron chi connectivity index (χ2n) is 4.63. The van der Waals surface area contributed by atoms with Crippen LogP contribution >= 0.6 is 0 Å². The van der Waals surface area contributed by atoms with E-state index in [9.17, 15) is 0 Å². The van der Waals surface area contributed by atoms with Crippen LogP contribution in [-0.2, 0) is 16.1 Å². The van der Waals surface area contributed by atoms with Crippen molar-refractivity contribution in [2.75, 3.05) is 12.4 Å². The lowest BCUT2D eigenvalue weighted by Gasteiger charge is -2.09. The molecule has 3 N–H and O–H groups in total. The molecule has 0 atom stereocenters. The average Bonchev–Trinajstić information content (AvgIpc) is 2.54. The lowest BCUT2D eigenvalue weighted by Crippen LogP contribution is -2.09. The van der Waals surface area contributed by atoms with E-state index < -0.39 is 11.9 Å². The summed E-state index contributed by atoms with van der Waals surface area (Å²) >= 11 is 0. The second kappa shape index (κ2) is 9.09. The van der Waals surface area contributed by atoms with Crippen LogP contribution < -0.4 is 10.1 Å². The van der Waals surface area contributed by atoms with Crippen LogP contribution in [0.1, 0.15) is 11.1 Å². The fraction of sp³-hybridized carbons (Fsp3) is 0.176. The van der Waals surface area contributed by atoms with Gasteiger partial charge in [-0.05, 0) is 36.2 Å². The van der Waals surface area contributed by atoms with Crippen LogP contribution in [0.3, 0.4) is 0 Å². The normalized spacial score (nSPS) is 9.30. The van der Waals surface area contributed by atoms with Crippen molar-refractivity contribution in [3.63, 3.8) is 0 Å². The summed E-state index contributed by atoms with van der Waals surface area (Å²) in [5, 5.41) is 18.2. The number of benzene rings is 2. The standard InChI is InChI=1S/C15H17NO.C2H2O4/c1-12-10-13(8-9-15(12)17-2)11-16-14-6-4-3-5-7-14;3-1(4)2(5)6/h3-10,16H,11H2,1-2H3;(H,3,4)(H,5,6). The van der Waals surface area contributed by atoms with Crippen molar-refractivity contribution in [2.45, 2.75) is 13.5 Å². The third-order valence-corrected chi connectivity index (χ3v) is 2.91. The highest BCUT2D eigenvalue weighted by Crippen LogP contribution is 2.19. The van der Waals surface area contributed by atoms with Gasteiger partial charge < -0.3 is 20.3 Å². The first-order chi connectivity index (χ1) is 10.9. The molecule has 23 heavy (non-hydrogen) atoms. The number of hydrogen-bond acceptors (Lipinski definition) is 4. The van der Waals surface area contributed by atoms with Gasteiger partial charge in [0.05, 0.1) is 7.11 Å². The minimum absolute atomic E-state index is 0.828. The number of para-hydroxylation sites is 1. The fourth-order valence-corrected chi connectivity index (χ4v) is 1.81. The molecule has 2 rings (SSSR count). The van der Waals surface area contributed by atoms with E-state index in [-0.39, 0.29) is 0 Å². The molecule has 0 aliphatic carbocycles. The molecule has 0 unspecified atom stereocenters. The van der Waals surface area contributed by atoms with E-state index in [2.05, 4.69) is 36.5 Å². The van der Waals surface area contributed by atoms with Crippen molar-refractivity contribution in [3.05, 3.63) is 59.7 Å². The maximum Gasteiger partial charge on any atom is 0.414 e. The summed E-state index contributed by atoms with van der Waals surface area (Å²) in [6, 6.07) is 16.5. The summed E-state index contributed by atoms with van der Waals surface area (Å²) in [7, 11) is 1.70. The van der Waals surface area contributed by atoms with Gasteiger partial charge in [-0.25, -0.2) is 9.59 Å². The molecule has 0 saturated carbocycles. The number of carboxylic acids is 2. The van der Waals surface area contributed by atoms with Gasteiger partial charge in [-0.1, -0.05) is 30.3 Å². The van der Waals surface area contributed by atoms with Crippen molar-refractivity contribution in [2.24, 2.45) is 0 Å². The van der Waals surface area contributed by atoms with Crippen molar-refractivity contribution < 1.29 is 24.5 Å². The largest absolute Gasteiger partial charge is 0.496 e. The van der Waals surface area contributed by atoms with Crippen molar-refractivity contribution in [3.8, 4) is 5.75 Å². The zero-order chi connectivity index (χ0) is 17.2. The van der Waals surface area contributed by atoms with Gasteiger partial charge in [0.1, 0.15) is 5.75 Å². The Morgan fingerprint density at radius 3 is 2.13 bits per heavy atom. The highest BCUT2D eigenvalue weighted by molar-refractivity contribution is 6.27. The summed E-state index contributed by atoms with van der Waals surface area (Å²) in [6.45, 7) is 2.89. The summed E-state index contributed by atoms with van der Waals surface area (Å²) in [5.41, 5.74) is 3.56. The lowest BCUT2D eigenvalue weighted by atomic mass is 10.1. The van der Waals surface area contributed by atoms with Gasteiger partial charge in [0, 0.05) is 12.2 Å². The second-order valence-corrected chi connectivity index (χ2v) is 4.63. The Morgan fingerprint density at radius 2 is 1.65 bits per heavy atom. The number of anilines is 1. The summed E-state index contributed by atoms with van der Waals surface area (Å²) in [4.78, 5) is 18.2. The van der Waals surface area contributed by atoms with E-state index in [1.165, 1.54) is 11.1 Å². The van der Waals surface area contributed by atoms with E-state index in [0.717, 1.165) is 18.0 Å². The molecule has 0 amide bonds. The van der Waals surface area contributed by atoms with Crippen LogP contribution in [0.15, 0.2) is 48.5 Å². The number of rotatable bonds is 4. The summed E-state index contributed by atoms with van der Waals surface area (Å²) in [5.74, 6) is -2.71. The number of ether oxygens (including phenoxy) is 1. The van der Waals surface area contributed by atoms with Crippen LogP contribution in [-0.4, -0.2) is 29.3 Å². The lowest BCUT2D eigenvalue weighted by molar-refractivity contribution is -0.159. The molecule has 2 aromatic rings. The van der Waals surface area contributed by atoms with Crippen LogP contribution in [0.4, 0.5) is 5.69 Å². The molecule has 0 spiro atoms. The molecule has 6 heteroatoms. The molecule has 0 aliphatic heterocycles. The number of aryl methyl sites for hydroxylation is 1. The Balaban J connectivity index is 0.000000379. The van der Waals surface area contributed by atoms with Gasteiger partial charge in [0.15, 0.2) is 0 Å². The Morgan fingerprint density at radius 1 is 1.04 bits per heavy atom. The maximum atomic E-state index is 9.10. The van der Waals surface area contributed by atoms with Gasteiger partial charge >= 0.3 is 11.9 Å². The smallest absolute Gasteiger partial charge is 0.414 e. The van der Waals surface area contributed by atoms with Gasteiger partial charge in [-0.15, -0.1) is 0 Å². The minimum Gasteiger partial charge on any atom is -0.496 e. The Hall–Kier alpha value is -3.02. The Labute approximate surface area is 134 Å². The van der Waals surface area contributed by atoms with E-state index in [4.69, 9.17) is 24.5 Å². The number of carboxylic acid groups (broad SMARTS) is 2. The van der Waals surface area contributed by atoms with Crippen LogP contribution in [0.25, 0.3) is 0 Å². The zero-order valence-electron chi connectivity index (χ0n) is 12.9. The molecule has 0 saturated heterocycles. The number of aliphatic carboxylic acids is 2. The Kier molecular flexibility index (Phi) is 7.13. The third-order valence-electron chi connectivity index (χ3n) is 2.91. The SMILES string of the molecule is COc1ccc(CNc2ccccc2)cc1C.O=C(O)C(=O)O.